The molecule has 3 rings (SSSR count). The van der Waals surface area contributed by atoms with Crippen molar-refractivity contribution in [2.45, 2.75) is 45.1 Å². The summed E-state index contributed by atoms with van der Waals surface area (Å²) in [6, 6.07) is 12.2. The second-order valence-electron chi connectivity index (χ2n) is 7.39. The highest BCUT2D eigenvalue weighted by Gasteiger charge is 2.18. The van der Waals surface area contributed by atoms with Crippen LogP contribution in [-0.2, 0) is 11.2 Å². The van der Waals surface area contributed by atoms with E-state index >= 15 is 0 Å². The van der Waals surface area contributed by atoms with Crippen LogP contribution in [0.2, 0.25) is 0 Å². The van der Waals surface area contributed by atoms with Gasteiger partial charge in [-0.05, 0) is 51.3 Å². The second-order valence-corrected chi connectivity index (χ2v) is 7.39. The zero-order valence-corrected chi connectivity index (χ0v) is 16.3. The van der Waals surface area contributed by atoms with E-state index in [2.05, 4.69) is 53.4 Å². The van der Waals surface area contributed by atoms with Crippen LogP contribution in [0.5, 0.6) is 5.88 Å². The predicted octanol–water partition coefficient (Wildman–Crippen LogP) is 3.82. The number of aromatic nitrogens is 1. The Morgan fingerprint density at radius 2 is 1.93 bits per heavy atom. The van der Waals surface area contributed by atoms with Crippen molar-refractivity contribution >= 4 is 11.6 Å². The number of aryl methyl sites for hydroxylation is 2. The molecular formula is C22H29N3O2. The average molecular weight is 367 g/mol. The predicted molar refractivity (Wildman–Crippen MR) is 108 cm³/mol. The van der Waals surface area contributed by atoms with Gasteiger partial charge < -0.3 is 15.0 Å². The third kappa shape index (κ3) is 6.36. The molecule has 2 aromatic rings. The third-order valence-electron chi connectivity index (χ3n) is 4.96. The van der Waals surface area contributed by atoms with E-state index in [9.17, 15) is 4.79 Å². The van der Waals surface area contributed by atoms with Gasteiger partial charge in [-0.15, -0.1) is 0 Å². The second kappa shape index (κ2) is 9.51. The zero-order chi connectivity index (χ0) is 19.1. The molecule has 0 radical (unpaired) electrons. The molecule has 1 aliphatic rings. The molecule has 1 fully saturated rings. The van der Waals surface area contributed by atoms with Crippen LogP contribution >= 0.6 is 0 Å². The maximum atomic E-state index is 12.1. The minimum atomic E-state index is 0.0212. The molecule has 0 saturated carbocycles. The minimum absolute atomic E-state index is 0.0212. The first-order valence-electron chi connectivity index (χ1n) is 9.75. The number of hydrogen-bond acceptors (Lipinski definition) is 4. The van der Waals surface area contributed by atoms with Crippen LogP contribution < -0.4 is 10.1 Å². The van der Waals surface area contributed by atoms with Crippen molar-refractivity contribution in [3.63, 3.8) is 0 Å². The van der Waals surface area contributed by atoms with E-state index in [-0.39, 0.29) is 12.0 Å². The summed E-state index contributed by atoms with van der Waals surface area (Å²) in [6.45, 7) is 4.19. The number of nitrogens with one attached hydrogen (secondary N) is 1. The van der Waals surface area contributed by atoms with Gasteiger partial charge in [0, 0.05) is 25.6 Å². The molecule has 144 valence electrons. The van der Waals surface area contributed by atoms with E-state index in [0.29, 0.717) is 18.0 Å². The number of amides is 1. The molecule has 1 aliphatic heterocycles. The smallest absolute Gasteiger partial charge is 0.224 e. The maximum Gasteiger partial charge on any atom is 0.224 e. The number of likely N-dealkylation sites (tertiary alicyclic amines) is 1. The summed E-state index contributed by atoms with van der Waals surface area (Å²) in [6.07, 6.45) is 6.20. The van der Waals surface area contributed by atoms with Gasteiger partial charge in [0.15, 0.2) is 0 Å². The number of carbonyl (C=O) groups excluding carboxylic acids is 1. The molecule has 0 spiro atoms. The fraction of sp³-hybridized carbons (Fsp3) is 0.455. The lowest BCUT2D eigenvalue weighted by molar-refractivity contribution is -0.116. The molecule has 2 heterocycles. The number of pyridine rings is 1. The van der Waals surface area contributed by atoms with Gasteiger partial charge >= 0.3 is 0 Å². The lowest BCUT2D eigenvalue weighted by Crippen LogP contribution is -2.35. The van der Waals surface area contributed by atoms with Gasteiger partial charge in [-0.2, -0.15) is 0 Å². The van der Waals surface area contributed by atoms with Crippen molar-refractivity contribution in [3.8, 4) is 5.88 Å². The van der Waals surface area contributed by atoms with Crippen LogP contribution in [0, 0.1) is 6.92 Å². The normalized spacial score (nSPS) is 15.5. The number of ether oxygens (including phenoxy) is 1. The van der Waals surface area contributed by atoms with Gasteiger partial charge in [0.1, 0.15) is 6.10 Å². The van der Waals surface area contributed by atoms with Gasteiger partial charge in [-0.25, -0.2) is 4.98 Å². The monoisotopic (exact) mass is 367 g/mol. The Balaban J connectivity index is 1.39. The first-order valence-corrected chi connectivity index (χ1v) is 9.75. The number of piperidine rings is 1. The molecule has 0 aliphatic carbocycles. The summed E-state index contributed by atoms with van der Waals surface area (Å²) in [5.41, 5.74) is 3.24. The molecule has 1 aromatic carbocycles. The van der Waals surface area contributed by atoms with Crippen LogP contribution in [0.25, 0.3) is 0 Å². The Hall–Kier alpha value is -2.40. The zero-order valence-electron chi connectivity index (χ0n) is 16.3. The Morgan fingerprint density at radius 3 is 2.59 bits per heavy atom. The molecule has 0 unspecified atom stereocenters. The van der Waals surface area contributed by atoms with E-state index in [0.717, 1.165) is 38.8 Å². The number of nitrogens with zero attached hydrogens (tertiary/aromatic N) is 2. The average Bonchev–Trinajstić information content (AvgIpc) is 2.67. The highest BCUT2D eigenvalue weighted by Crippen LogP contribution is 2.18. The van der Waals surface area contributed by atoms with Crippen LogP contribution in [0.1, 0.15) is 36.8 Å². The van der Waals surface area contributed by atoms with Gasteiger partial charge in [-0.3, -0.25) is 4.79 Å². The van der Waals surface area contributed by atoms with Crippen molar-refractivity contribution in [2.75, 3.05) is 25.5 Å². The molecule has 0 bridgehead atoms. The van der Waals surface area contributed by atoms with Crippen molar-refractivity contribution in [2.24, 2.45) is 0 Å². The maximum absolute atomic E-state index is 12.1. The lowest BCUT2D eigenvalue weighted by atomic mass is 10.1. The SMILES string of the molecule is Cc1ccc(CCCC(=O)Nc2ccc(OC3CCN(C)CC3)nc2)cc1. The quantitative estimate of drug-likeness (QED) is 0.808. The van der Waals surface area contributed by atoms with E-state index in [1.165, 1.54) is 11.1 Å². The van der Waals surface area contributed by atoms with Gasteiger partial charge in [0.05, 0.1) is 11.9 Å². The standard InChI is InChI=1S/C22H29N3O2/c1-17-6-8-18(9-7-17)4-3-5-21(26)24-19-10-11-22(23-16-19)27-20-12-14-25(2)15-13-20/h6-11,16,20H,3-5,12-15H2,1-2H3,(H,24,26). The lowest BCUT2D eigenvalue weighted by Gasteiger charge is -2.28. The Morgan fingerprint density at radius 1 is 1.19 bits per heavy atom. The summed E-state index contributed by atoms with van der Waals surface area (Å²) in [7, 11) is 2.13. The van der Waals surface area contributed by atoms with E-state index in [1.807, 2.05) is 12.1 Å². The largest absolute Gasteiger partial charge is 0.474 e. The number of rotatable bonds is 7. The first-order chi connectivity index (χ1) is 13.1. The van der Waals surface area contributed by atoms with Crippen molar-refractivity contribution < 1.29 is 9.53 Å². The molecule has 1 saturated heterocycles. The summed E-state index contributed by atoms with van der Waals surface area (Å²) in [5, 5.41) is 2.91. The Bertz CT molecular complexity index is 720. The fourth-order valence-electron chi connectivity index (χ4n) is 3.23. The van der Waals surface area contributed by atoms with Gasteiger partial charge in [0.25, 0.3) is 0 Å². The number of carbonyl (C=O) groups is 1. The Labute approximate surface area is 161 Å². The third-order valence-corrected chi connectivity index (χ3v) is 4.96. The van der Waals surface area contributed by atoms with Crippen LogP contribution in [0.15, 0.2) is 42.6 Å². The van der Waals surface area contributed by atoms with Gasteiger partial charge in [0.2, 0.25) is 11.8 Å². The summed E-state index contributed by atoms with van der Waals surface area (Å²) >= 11 is 0. The summed E-state index contributed by atoms with van der Waals surface area (Å²) in [4.78, 5) is 18.8. The topological polar surface area (TPSA) is 54.5 Å². The highest BCUT2D eigenvalue weighted by molar-refractivity contribution is 5.90. The molecule has 1 aromatic heterocycles. The molecule has 5 nitrogen and oxygen atoms in total. The minimum Gasteiger partial charge on any atom is -0.474 e. The fourth-order valence-corrected chi connectivity index (χ4v) is 3.23. The molecular weight excluding hydrogens is 338 g/mol. The summed E-state index contributed by atoms with van der Waals surface area (Å²) < 4.78 is 5.94. The number of hydrogen-bond donors (Lipinski definition) is 1. The van der Waals surface area contributed by atoms with Crippen molar-refractivity contribution in [1.29, 1.82) is 0 Å². The van der Waals surface area contributed by atoms with E-state index in [4.69, 9.17) is 4.74 Å². The molecule has 1 amide bonds. The van der Waals surface area contributed by atoms with E-state index in [1.54, 1.807) is 6.20 Å². The summed E-state index contributed by atoms with van der Waals surface area (Å²) in [5.74, 6) is 0.648. The van der Waals surface area contributed by atoms with Crippen molar-refractivity contribution in [1.82, 2.24) is 9.88 Å². The number of benzene rings is 1. The Kier molecular flexibility index (Phi) is 6.82. The van der Waals surface area contributed by atoms with Crippen LogP contribution in [0.3, 0.4) is 0 Å². The first kappa shape index (κ1) is 19.4. The van der Waals surface area contributed by atoms with Crippen molar-refractivity contribution in [3.05, 3.63) is 53.7 Å². The number of anilines is 1. The molecule has 27 heavy (non-hydrogen) atoms. The molecule has 5 heteroatoms. The van der Waals surface area contributed by atoms with Gasteiger partial charge in [-0.1, -0.05) is 29.8 Å². The highest BCUT2D eigenvalue weighted by atomic mass is 16.5. The van der Waals surface area contributed by atoms with Crippen LogP contribution in [-0.4, -0.2) is 42.0 Å². The van der Waals surface area contributed by atoms with E-state index < -0.39 is 0 Å². The van der Waals surface area contributed by atoms with Crippen LogP contribution in [0.4, 0.5) is 5.69 Å². The molecule has 1 N–H and O–H groups in total. The molecule has 0 atom stereocenters.